The Morgan fingerprint density at radius 3 is 3.21 bits per heavy atom. The minimum absolute atomic E-state index is 0.0312. The Bertz CT molecular complexity index is 559. The summed E-state index contributed by atoms with van der Waals surface area (Å²) in [5.74, 6) is 1.24. The Kier molecular flexibility index (Phi) is 3.19. The van der Waals surface area contributed by atoms with E-state index in [1.165, 1.54) is 6.42 Å². The molecule has 3 heterocycles. The molecule has 3 rings (SSSR count). The molecular weight excluding hydrogens is 240 g/mol. The van der Waals surface area contributed by atoms with E-state index in [4.69, 9.17) is 0 Å². The van der Waals surface area contributed by atoms with Crippen LogP contribution in [0.1, 0.15) is 36.7 Å². The molecule has 0 saturated carbocycles. The van der Waals surface area contributed by atoms with Crippen LogP contribution in [-0.4, -0.2) is 38.3 Å². The van der Waals surface area contributed by atoms with Gasteiger partial charge in [0.2, 0.25) is 5.78 Å². The molecule has 2 aromatic rings. The summed E-state index contributed by atoms with van der Waals surface area (Å²) in [5.41, 5.74) is 0.496. The second kappa shape index (κ2) is 4.99. The molecule has 2 aromatic heterocycles. The monoisotopic (exact) mass is 258 g/mol. The molecule has 1 fully saturated rings. The number of carbonyl (C=O) groups is 1. The SMILES string of the molecule is CC[C@H]1CCCN(C(=O)c2cn3cccnc3n2)C1. The maximum absolute atomic E-state index is 12.5. The molecule has 1 saturated heterocycles. The summed E-state index contributed by atoms with van der Waals surface area (Å²) in [6.07, 6.45) is 8.77. The highest BCUT2D eigenvalue weighted by molar-refractivity contribution is 5.92. The summed E-state index contributed by atoms with van der Waals surface area (Å²) in [4.78, 5) is 22.8. The first-order valence-electron chi connectivity index (χ1n) is 6.87. The first kappa shape index (κ1) is 12.1. The minimum atomic E-state index is 0.0312. The third kappa shape index (κ3) is 2.32. The Morgan fingerprint density at radius 2 is 2.42 bits per heavy atom. The third-order valence-electron chi connectivity index (χ3n) is 3.84. The lowest BCUT2D eigenvalue weighted by atomic mass is 9.95. The fourth-order valence-electron chi connectivity index (χ4n) is 2.68. The van der Waals surface area contributed by atoms with E-state index in [-0.39, 0.29) is 5.91 Å². The molecule has 0 aromatic carbocycles. The molecule has 0 aliphatic carbocycles. The molecule has 19 heavy (non-hydrogen) atoms. The number of rotatable bonds is 2. The molecule has 5 heteroatoms. The average molecular weight is 258 g/mol. The zero-order chi connectivity index (χ0) is 13.2. The molecule has 0 bridgehead atoms. The number of amides is 1. The smallest absolute Gasteiger partial charge is 0.274 e. The maximum atomic E-state index is 12.5. The van der Waals surface area contributed by atoms with Crippen LogP contribution < -0.4 is 0 Å². The molecule has 100 valence electrons. The van der Waals surface area contributed by atoms with Crippen molar-refractivity contribution in [3.63, 3.8) is 0 Å². The van der Waals surface area contributed by atoms with Gasteiger partial charge in [0.1, 0.15) is 5.69 Å². The van der Waals surface area contributed by atoms with Gasteiger partial charge >= 0.3 is 0 Å². The Morgan fingerprint density at radius 1 is 1.53 bits per heavy atom. The third-order valence-corrected chi connectivity index (χ3v) is 3.84. The van der Waals surface area contributed by atoms with Gasteiger partial charge in [0.05, 0.1) is 0 Å². The molecule has 0 spiro atoms. The average Bonchev–Trinajstić information content (AvgIpc) is 2.90. The zero-order valence-corrected chi connectivity index (χ0v) is 11.1. The van der Waals surface area contributed by atoms with E-state index in [1.807, 2.05) is 17.2 Å². The van der Waals surface area contributed by atoms with Gasteiger partial charge in [-0.1, -0.05) is 13.3 Å². The lowest BCUT2D eigenvalue weighted by molar-refractivity contribution is 0.0666. The van der Waals surface area contributed by atoms with Crippen molar-refractivity contribution < 1.29 is 4.79 Å². The second-order valence-electron chi connectivity index (χ2n) is 5.12. The van der Waals surface area contributed by atoms with Crippen LogP contribution in [0.5, 0.6) is 0 Å². The summed E-state index contributed by atoms with van der Waals surface area (Å²) in [6.45, 7) is 3.89. The van der Waals surface area contributed by atoms with E-state index in [9.17, 15) is 4.79 Å². The summed E-state index contributed by atoms with van der Waals surface area (Å²) in [7, 11) is 0. The maximum Gasteiger partial charge on any atom is 0.274 e. The summed E-state index contributed by atoms with van der Waals surface area (Å²) in [6, 6.07) is 1.83. The number of aromatic nitrogens is 3. The molecule has 1 aliphatic rings. The highest BCUT2D eigenvalue weighted by Gasteiger charge is 2.25. The molecule has 0 radical (unpaired) electrons. The van der Waals surface area contributed by atoms with Gasteiger partial charge in [-0.2, -0.15) is 0 Å². The first-order valence-corrected chi connectivity index (χ1v) is 6.87. The predicted molar refractivity (Wildman–Crippen MR) is 71.9 cm³/mol. The molecule has 5 nitrogen and oxygen atoms in total. The van der Waals surface area contributed by atoms with E-state index in [0.717, 1.165) is 25.9 Å². The van der Waals surface area contributed by atoms with Crippen LogP contribution in [0, 0.1) is 5.92 Å². The van der Waals surface area contributed by atoms with E-state index < -0.39 is 0 Å². The Balaban J connectivity index is 1.82. The quantitative estimate of drug-likeness (QED) is 0.827. The van der Waals surface area contributed by atoms with Crippen molar-refractivity contribution >= 4 is 11.7 Å². The lowest BCUT2D eigenvalue weighted by Crippen LogP contribution is -2.39. The lowest BCUT2D eigenvalue weighted by Gasteiger charge is -2.31. The summed E-state index contributed by atoms with van der Waals surface area (Å²) < 4.78 is 1.79. The summed E-state index contributed by atoms with van der Waals surface area (Å²) >= 11 is 0. The van der Waals surface area contributed by atoms with Crippen LogP contribution in [0.15, 0.2) is 24.7 Å². The highest BCUT2D eigenvalue weighted by Crippen LogP contribution is 2.20. The minimum Gasteiger partial charge on any atom is -0.337 e. The van der Waals surface area contributed by atoms with Crippen LogP contribution >= 0.6 is 0 Å². The van der Waals surface area contributed by atoms with Crippen molar-refractivity contribution in [2.24, 2.45) is 5.92 Å². The molecule has 1 aliphatic heterocycles. The van der Waals surface area contributed by atoms with Crippen molar-refractivity contribution in [3.05, 3.63) is 30.4 Å². The second-order valence-corrected chi connectivity index (χ2v) is 5.12. The molecule has 1 amide bonds. The molecular formula is C14H18N4O. The number of piperidine rings is 1. The molecule has 0 unspecified atom stereocenters. The van der Waals surface area contributed by atoms with Gasteiger partial charge in [-0.05, 0) is 24.8 Å². The van der Waals surface area contributed by atoms with Gasteiger partial charge in [0, 0.05) is 31.7 Å². The number of carbonyl (C=O) groups excluding carboxylic acids is 1. The van der Waals surface area contributed by atoms with E-state index in [1.54, 1.807) is 16.8 Å². The number of nitrogens with zero attached hydrogens (tertiary/aromatic N) is 4. The fourth-order valence-corrected chi connectivity index (χ4v) is 2.68. The highest BCUT2D eigenvalue weighted by atomic mass is 16.2. The van der Waals surface area contributed by atoms with Crippen molar-refractivity contribution in [1.29, 1.82) is 0 Å². The standard InChI is InChI=1S/C14H18N4O/c1-2-11-5-3-7-17(9-11)13(19)12-10-18-8-4-6-15-14(18)16-12/h4,6,8,10-11H,2-3,5,7,9H2,1H3/t11-/m0/s1. The van der Waals surface area contributed by atoms with E-state index in [2.05, 4.69) is 16.9 Å². The fraction of sp³-hybridized carbons (Fsp3) is 0.500. The van der Waals surface area contributed by atoms with Gasteiger partial charge in [-0.3, -0.25) is 9.20 Å². The van der Waals surface area contributed by atoms with Crippen molar-refractivity contribution in [2.75, 3.05) is 13.1 Å². The molecule has 1 atom stereocenters. The van der Waals surface area contributed by atoms with Crippen LogP contribution in [0.25, 0.3) is 5.78 Å². The normalized spacial score (nSPS) is 19.8. The van der Waals surface area contributed by atoms with Crippen LogP contribution in [0.3, 0.4) is 0 Å². The molecule has 0 N–H and O–H groups in total. The number of imidazole rings is 1. The first-order chi connectivity index (χ1) is 9.28. The zero-order valence-electron chi connectivity index (χ0n) is 11.1. The Hall–Kier alpha value is -1.91. The van der Waals surface area contributed by atoms with Gasteiger partial charge in [-0.15, -0.1) is 0 Å². The topological polar surface area (TPSA) is 50.5 Å². The number of hydrogen-bond donors (Lipinski definition) is 0. The Labute approximate surface area is 112 Å². The van der Waals surface area contributed by atoms with Gasteiger partial charge in [0.25, 0.3) is 5.91 Å². The van der Waals surface area contributed by atoms with Crippen molar-refractivity contribution in [3.8, 4) is 0 Å². The van der Waals surface area contributed by atoms with E-state index >= 15 is 0 Å². The van der Waals surface area contributed by atoms with Gasteiger partial charge < -0.3 is 4.90 Å². The largest absolute Gasteiger partial charge is 0.337 e. The number of likely N-dealkylation sites (tertiary alicyclic amines) is 1. The van der Waals surface area contributed by atoms with E-state index in [0.29, 0.717) is 17.4 Å². The van der Waals surface area contributed by atoms with Crippen LogP contribution in [-0.2, 0) is 0 Å². The van der Waals surface area contributed by atoms with Crippen LogP contribution in [0.4, 0.5) is 0 Å². The predicted octanol–water partition coefficient (Wildman–Crippen LogP) is 1.99. The van der Waals surface area contributed by atoms with Gasteiger partial charge in [-0.25, -0.2) is 9.97 Å². The number of hydrogen-bond acceptors (Lipinski definition) is 3. The van der Waals surface area contributed by atoms with Crippen LogP contribution in [0.2, 0.25) is 0 Å². The summed E-state index contributed by atoms with van der Waals surface area (Å²) in [5, 5.41) is 0. The van der Waals surface area contributed by atoms with Gasteiger partial charge in [0.15, 0.2) is 0 Å². The van der Waals surface area contributed by atoms with Crippen molar-refractivity contribution in [1.82, 2.24) is 19.3 Å². The number of fused-ring (bicyclic) bond motifs is 1. The van der Waals surface area contributed by atoms with Crippen molar-refractivity contribution in [2.45, 2.75) is 26.2 Å².